The summed E-state index contributed by atoms with van der Waals surface area (Å²) in [5.41, 5.74) is 0. The van der Waals surface area contributed by atoms with Gasteiger partial charge >= 0.3 is 23.9 Å². The van der Waals surface area contributed by atoms with Crippen LogP contribution >= 0.6 is 0 Å². The summed E-state index contributed by atoms with van der Waals surface area (Å²) in [6.07, 6.45) is 0. The Bertz CT molecular complexity index is 11.6. The van der Waals surface area contributed by atoms with Gasteiger partial charge in [-0.3, -0.25) is 0 Å². The molecule has 0 atom stereocenters. The average molecular weight is 338 g/mol. The fourth-order valence-electron chi connectivity index (χ4n) is 0. The zero-order chi connectivity index (χ0) is 0. The molecule has 0 aromatic rings. The van der Waals surface area contributed by atoms with E-state index in [-0.39, 0.29) is 88.5 Å². The molecule has 0 rings (SSSR count). The fraction of sp³-hybridized carbons (Fsp3) is 0. The first-order chi connectivity index (χ1) is 0. The standard InChI is InChI=1S/Cu.Fe.H4Si.Sn.Zn.2H/h;;1H4;;;;. The maximum absolute atomic E-state index is 0. The van der Waals surface area contributed by atoms with Crippen LogP contribution in [0.4, 0.5) is 0 Å². The van der Waals surface area contributed by atoms with Crippen LogP contribution in [-0.2, 0) is 53.6 Å². The minimum absolute atomic E-state index is 0. The molecule has 0 N–H and O–H groups in total. The van der Waals surface area contributed by atoms with Crippen LogP contribution in [0.25, 0.3) is 0 Å². The maximum Gasteiger partial charge on any atom is 0 e. The van der Waals surface area contributed by atoms with Crippen molar-refractivity contribution in [3.8, 4) is 0 Å². The van der Waals surface area contributed by atoms with Crippen molar-refractivity contribution >= 4 is 34.9 Å². The average Bonchev–Trinajstić information content (AvgIpc) is 0. The van der Waals surface area contributed by atoms with Gasteiger partial charge in [0.2, 0.25) is 0 Å². The van der Waals surface area contributed by atoms with E-state index in [2.05, 4.69) is 0 Å². The molecule has 0 unspecified atom stereocenters. The van der Waals surface area contributed by atoms with Crippen molar-refractivity contribution in [1.29, 1.82) is 0 Å². The summed E-state index contributed by atoms with van der Waals surface area (Å²) in [5.74, 6) is 0. The molecule has 35 valence electrons. The van der Waals surface area contributed by atoms with Crippen LogP contribution in [0.15, 0.2) is 0 Å². The molecule has 0 bridgehead atoms. The zero-order valence-electron chi connectivity index (χ0n) is 2.07. The van der Waals surface area contributed by atoms with Gasteiger partial charge in [-0.25, -0.2) is 0 Å². The van der Waals surface area contributed by atoms with Crippen LogP contribution < -0.4 is 0 Å². The van der Waals surface area contributed by atoms with Gasteiger partial charge in [0.15, 0.2) is 0 Å². The van der Waals surface area contributed by atoms with Crippen LogP contribution in [0, 0.1) is 0 Å². The van der Waals surface area contributed by atoms with Crippen molar-refractivity contribution < 1.29 is 53.6 Å². The second-order valence-corrected chi connectivity index (χ2v) is 0. The molecule has 0 aromatic heterocycles. The molecule has 0 amide bonds. The van der Waals surface area contributed by atoms with E-state index in [1.54, 1.807) is 0 Å². The first kappa shape index (κ1) is 47.7. The quantitative estimate of drug-likeness (QED) is 0.433. The van der Waals surface area contributed by atoms with Gasteiger partial charge in [0, 0.05) is 53.6 Å². The number of rotatable bonds is 0. The largest absolute Gasteiger partial charge is 0 e. The summed E-state index contributed by atoms with van der Waals surface area (Å²) < 4.78 is 0. The van der Waals surface area contributed by atoms with Crippen molar-refractivity contribution in [1.82, 2.24) is 0 Å². The third-order valence-electron chi connectivity index (χ3n) is 0. The van der Waals surface area contributed by atoms with Gasteiger partial charge in [0.1, 0.15) is 0 Å². The Hall–Kier alpha value is 2.68. The predicted molar refractivity (Wildman–Crippen MR) is 19.9 cm³/mol. The van der Waals surface area contributed by atoms with Crippen molar-refractivity contribution in [2.24, 2.45) is 0 Å². The molecule has 0 saturated carbocycles. The monoisotopic (exact) mass is 337 g/mol. The van der Waals surface area contributed by atoms with Gasteiger partial charge in [-0.2, -0.15) is 0 Å². The molecule has 0 aliphatic carbocycles. The SMILES string of the molecule is [Cu].[Fe].[SiH4].[SnH2].[Zn]. The van der Waals surface area contributed by atoms with Crippen molar-refractivity contribution in [2.45, 2.75) is 0 Å². The molecule has 0 heterocycles. The molecule has 5 heteroatoms. The number of hydrogen-bond acceptors (Lipinski definition) is 0. The summed E-state index contributed by atoms with van der Waals surface area (Å²) >= 11 is 0. The van der Waals surface area contributed by atoms with E-state index in [0.717, 1.165) is 0 Å². The molecule has 0 nitrogen and oxygen atoms in total. The molecular weight excluding hydrogens is 332 g/mol. The van der Waals surface area contributed by atoms with Crippen molar-refractivity contribution in [3.63, 3.8) is 0 Å². The van der Waals surface area contributed by atoms with E-state index in [9.17, 15) is 0 Å². The van der Waals surface area contributed by atoms with Gasteiger partial charge in [0.05, 0.1) is 0 Å². The minimum atomic E-state index is 0. The first-order valence-electron chi connectivity index (χ1n) is 0. The molecular formula is H6CuFeSiSnZn. The Morgan fingerprint density at radius 1 is 1.00 bits per heavy atom. The van der Waals surface area contributed by atoms with E-state index in [1.165, 1.54) is 0 Å². The van der Waals surface area contributed by atoms with Crippen LogP contribution in [-0.4, -0.2) is 34.9 Å². The Morgan fingerprint density at radius 2 is 1.00 bits per heavy atom. The summed E-state index contributed by atoms with van der Waals surface area (Å²) in [5, 5.41) is 0. The van der Waals surface area contributed by atoms with E-state index in [0.29, 0.717) is 0 Å². The normalized spacial score (nSPS) is 0. The van der Waals surface area contributed by atoms with Gasteiger partial charge < -0.3 is 0 Å². The molecule has 5 heavy (non-hydrogen) atoms. The summed E-state index contributed by atoms with van der Waals surface area (Å²) in [6, 6.07) is 0. The third-order valence-corrected chi connectivity index (χ3v) is 0. The molecule has 0 aliphatic heterocycles. The zero-order valence-corrected chi connectivity index (χ0v) is 11.1. The van der Waals surface area contributed by atoms with E-state index in [1.807, 2.05) is 0 Å². The van der Waals surface area contributed by atoms with Gasteiger partial charge in [0.25, 0.3) is 0 Å². The summed E-state index contributed by atoms with van der Waals surface area (Å²) in [4.78, 5) is 0. The van der Waals surface area contributed by atoms with Crippen LogP contribution in [0.2, 0.25) is 0 Å². The smallest absolute Gasteiger partial charge is 0 e. The van der Waals surface area contributed by atoms with E-state index >= 15 is 0 Å². The van der Waals surface area contributed by atoms with Gasteiger partial charge in [-0.05, 0) is 11.0 Å². The molecule has 0 aliphatic rings. The molecule has 0 spiro atoms. The van der Waals surface area contributed by atoms with Crippen molar-refractivity contribution in [3.05, 3.63) is 0 Å². The molecule has 3 radical (unpaired) electrons. The second-order valence-electron chi connectivity index (χ2n) is 0. The van der Waals surface area contributed by atoms with Gasteiger partial charge in [-0.15, -0.1) is 0 Å². The summed E-state index contributed by atoms with van der Waals surface area (Å²) in [7, 11) is 0. The van der Waals surface area contributed by atoms with Crippen molar-refractivity contribution in [2.75, 3.05) is 0 Å². The summed E-state index contributed by atoms with van der Waals surface area (Å²) in [6.45, 7) is 0. The minimum Gasteiger partial charge on any atom is 0 e. The van der Waals surface area contributed by atoms with Crippen LogP contribution in [0.5, 0.6) is 0 Å². The Balaban J connectivity index is 0. The third kappa shape index (κ3) is 20.4. The Kier molecular flexibility index (Phi) is 287. The van der Waals surface area contributed by atoms with E-state index in [4.69, 9.17) is 0 Å². The second kappa shape index (κ2) is 30.0. The number of hydrogen-bond donors (Lipinski definition) is 0. The Labute approximate surface area is 87.3 Å². The van der Waals surface area contributed by atoms with E-state index < -0.39 is 0 Å². The topological polar surface area (TPSA) is 0 Å². The van der Waals surface area contributed by atoms with Crippen LogP contribution in [0.1, 0.15) is 0 Å². The Morgan fingerprint density at radius 3 is 1.00 bits per heavy atom. The van der Waals surface area contributed by atoms with Crippen LogP contribution in [0.3, 0.4) is 0 Å². The maximum atomic E-state index is 0. The molecule has 0 fully saturated rings. The first-order valence-corrected chi connectivity index (χ1v) is 0. The molecule has 0 aromatic carbocycles. The van der Waals surface area contributed by atoms with Gasteiger partial charge in [-0.1, -0.05) is 0 Å². The molecule has 0 saturated heterocycles. The predicted octanol–water partition coefficient (Wildman–Crippen LogP) is -2.38. The fourth-order valence-corrected chi connectivity index (χ4v) is 0.